The SMILES string of the molecule is COc1ccc(N(CCC(=O)Nc2ccc(NC(C)=O)cc2)C(C)=O)cc1. The lowest BCUT2D eigenvalue weighted by Gasteiger charge is -2.21. The first-order chi connectivity index (χ1) is 12.9. The van der Waals surface area contributed by atoms with Gasteiger partial charge in [-0.3, -0.25) is 14.4 Å². The number of nitrogens with zero attached hydrogens (tertiary/aromatic N) is 1. The maximum Gasteiger partial charge on any atom is 0.226 e. The number of anilines is 3. The minimum absolute atomic E-state index is 0.146. The molecule has 2 aromatic rings. The van der Waals surface area contributed by atoms with E-state index in [9.17, 15) is 14.4 Å². The van der Waals surface area contributed by atoms with Crippen LogP contribution in [0.1, 0.15) is 20.3 Å². The third-order valence-corrected chi connectivity index (χ3v) is 3.82. The van der Waals surface area contributed by atoms with Gasteiger partial charge in [0.15, 0.2) is 0 Å². The zero-order valence-corrected chi connectivity index (χ0v) is 15.6. The summed E-state index contributed by atoms with van der Waals surface area (Å²) in [5, 5.41) is 5.44. The summed E-state index contributed by atoms with van der Waals surface area (Å²) in [5.41, 5.74) is 1.98. The molecule has 0 aliphatic carbocycles. The first kappa shape index (κ1) is 20.0. The molecule has 0 unspecified atom stereocenters. The van der Waals surface area contributed by atoms with Gasteiger partial charge in [-0.05, 0) is 48.5 Å². The molecule has 2 rings (SSSR count). The first-order valence-electron chi connectivity index (χ1n) is 8.48. The minimum Gasteiger partial charge on any atom is -0.497 e. The van der Waals surface area contributed by atoms with Crippen LogP contribution in [0.5, 0.6) is 5.75 Å². The summed E-state index contributed by atoms with van der Waals surface area (Å²) in [6.07, 6.45) is 0.152. The van der Waals surface area contributed by atoms with Crippen molar-refractivity contribution in [3.8, 4) is 5.75 Å². The number of amides is 3. The number of hydrogen-bond donors (Lipinski definition) is 2. The van der Waals surface area contributed by atoms with Crippen LogP contribution in [-0.4, -0.2) is 31.4 Å². The Morgan fingerprint density at radius 1 is 0.889 bits per heavy atom. The maximum atomic E-state index is 12.2. The van der Waals surface area contributed by atoms with E-state index in [0.717, 1.165) is 0 Å². The van der Waals surface area contributed by atoms with Crippen molar-refractivity contribution < 1.29 is 19.1 Å². The molecule has 0 bridgehead atoms. The number of ether oxygens (including phenoxy) is 1. The molecule has 2 N–H and O–H groups in total. The molecule has 0 aliphatic rings. The van der Waals surface area contributed by atoms with E-state index in [2.05, 4.69) is 10.6 Å². The van der Waals surface area contributed by atoms with Crippen molar-refractivity contribution in [3.05, 3.63) is 48.5 Å². The second-order valence-electron chi connectivity index (χ2n) is 5.93. The summed E-state index contributed by atoms with van der Waals surface area (Å²) in [6.45, 7) is 3.15. The Morgan fingerprint density at radius 3 is 1.93 bits per heavy atom. The highest BCUT2D eigenvalue weighted by Crippen LogP contribution is 2.20. The molecule has 3 amide bonds. The van der Waals surface area contributed by atoms with E-state index in [1.165, 1.54) is 13.8 Å². The van der Waals surface area contributed by atoms with E-state index in [1.54, 1.807) is 60.5 Å². The average molecular weight is 369 g/mol. The lowest BCUT2D eigenvalue weighted by Crippen LogP contribution is -2.31. The zero-order chi connectivity index (χ0) is 19.8. The largest absolute Gasteiger partial charge is 0.497 e. The maximum absolute atomic E-state index is 12.2. The van der Waals surface area contributed by atoms with Crippen molar-refractivity contribution in [1.29, 1.82) is 0 Å². The van der Waals surface area contributed by atoms with E-state index in [1.807, 2.05) is 0 Å². The van der Waals surface area contributed by atoms with Gasteiger partial charge in [-0.1, -0.05) is 0 Å². The van der Waals surface area contributed by atoms with Crippen LogP contribution in [0, 0.1) is 0 Å². The number of nitrogens with one attached hydrogen (secondary N) is 2. The molecule has 0 aromatic heterocycles. The van der Waals surface area contributed by atoms with Crippen molar-refractivity contribution in [2.24, 2.45) is 0 Å². The summed E-state index contributed by atoms with van der Waals surface area (Å²) in [7, 11) is 1.57. The number of rotatable bonds is 7. The van der Waals surface area contributed by atoms with Crippen LogP contribution in [0.3, 0.4) is 0 Å². The Bertz CT molecular complexity index is 801. The molecule has 7 heteroatoms. The molecule has 0 saturated carbocycles. The molecular formula is C20H23N3O4. The highest BCUT2D eigenvalue weighted by Gasteiger charge is 2.14. The van der Waals surface area contributed by atoms with Crippen LogP contribution in [0.4, 0.5) is 17.1 Å². The topological polar surface area (TPSA) is 87.7 Å². The highest BCUT2D eigenvalue weighted by molar-refractivity contribution is 5.95. The Morgan fingerprint density at radius 2 is 1.44 bits per heavy atom. The Labute approximate surface area is 158 Å². The number of carbonyl (C=O) groups is 3. The molecular weight excluding hydrogens is 346 g/mol. The molecule has 142 valence electrons. The quantitative estimate of drug-likeness (QED) is 0.785. The minimum atomic E-state index is -0.206. The standard InChI is InChI=1S/C20H23N3O4/c1-14(24)21-16-4-6-17(7-5-16)22-20(26)12-13-23(15(2)25)18-8-10-19(27-3)11-9-18/h4-11H,12-13H2,1-3H3,(H,21,24)(H,22,26). The fourth-order valence-corrected chi connectivity index (χ4v) is 2.51. The Kier molecular flexibility index (Phi) is 6.93. The molecule has 0 fully saturated rings. The molecule has 7 nitrogen and oxygen atoms in total. The number of methoxy groups -OCH3 is 1. The van der Waals surface area contributed by atoms with Gasteiger partial charge in [0.25, 0.3) is 0 Å². The van der Waals surface area contributed by atoms with E-state index < -0.39 is 0 Å². The average Bonchev–Trinajstić information content (AvgIpc) is 2.63. The fourth-order valence-electron chi connectivity index (χ4n) is 2.51. The number of carbonyl (C=O) groups excluding carboxylic acids is 3. The lowest BCUT2D eigenvalue weighted by atomic mass is 10.2. The number of hydrogen-bond acceptors (Lipinski definition) is 4. The molecule has 0 atom stereocenters. The summed E-state index contributed by atoms with van der Waals surface area (Å²) in [4.78, 5) is 36.7. The highest BCUT2D eigenvalue weighted by atomic mass is 16.5. The van der Waals surface area contributed by atoms with Gasteiger partial charge in [0.05, 0.1) is 7.11 Å². The molecule has 0 aliphatic heterocycles. The predicted molar refractivity (Wildman–Crippen MR) is 105 cm³/mol. The second-order valence-corrected chi connectivity index (χ2v) is 5.93. The third-order valence-electron chi connectivity index (χ3n) is 3.82. The van der Waals surface area contributed by atoms with Crippen LogP contribution in [0.2, 0.25) is 0 Å². The molecule has 0 spiro atoms. The van der Waals surface area contributed by atoms with Gasteiger partial charge in [0, 0.05) is 43.9 Å². The fraction of sp³-hybridized carbons (Fsp3) is 0.250. The predicted octanol–water partition coefficient (Wildman–Crippen LogP) is 3.04. The van der Waals surface area contributed by atoms with Crippen LogP contribution in [-0.2, 0) is 14.4 Å². The molecule has 2 aromatic carbocycles. The van der Waals surface area contributed by atoms with E-state index in [-0.39, 0.29) is 30.7 Å². The van der Waals surface area contributed by atoms with Crippen molar-refractivity contribution in [2.75, 3.05) is 29.2 Å². The van der Waals surface area contributed by atoms with Crippen LogP contribution in [0.15, 0.2) is 48.5 Å². The van der Waals surface area contributed by atoms with Crippen LogP contribution in [0.25, 0.3) is 0 Å². The zero-order valence-electron chi connectivity index (χ0n) is 15.6. The third kappa shape index (κ3) is 6.14. The van der Waals surface area contributed by atoms with Crippen LogP contribution < -0.4 is 20.3 Å². The number of benzene rings is 2. The van der Waals surface area contributed by atoms with Crippen molar-refractivity contribution in [3.63, 3.8) is 0 Å². The summed E-state index contributed by atoms with van der Waals surface area (Å²) in [5.74, 6) is 0.187. The van der Waals surface area contributed by atoms with Crippen LogP contribution >= 0.6 is 0 Å². The van der Waals surface area contributed by atoms with Crippen molar-refractivity contribution in [1.82, 2.24) is 0 Å². The molecule has 0 radical (unpaired) electrons. The lowest BCUT2D eigenvalue weighted by molar-refractivity contribution is -0.117. The Balaban J connectivity index is 1.93. The van der Waals surface area contributed by atoms with Gasteiger partial charge in [0.2, 0.25) is 17.7 Å². The monoisotopic (exact) mass is 369 g/mol. The van der Waals surface area contributed by atoms with Gasteiger partial charge in [-0.25, -0.2) is 0 Å². The molecule has 0 heterocycles. The van der Waals surface area contributed by atoms with Gasteiger partial charge < -0.3 is 20.3 Å². The van der Waals surface area contributed by atoms with Gasteiger partial charge in [-0.2, -0.15) is 0 Å². The molecule has 27 heavy (non-hydrogen) atoms. The second kappa shape index (κ2) is 9.38. The normalized spacial score (nSPS) is 10.0. The van der Waals surface area contributed by atoms with Gasteiger partial charge >= 0.3 is 0 Å². The Hall–Kier alpha value is -3.35. The van der Waals surface area contributed by atoms with Gasteiger partial charge in [-0.15, -0.1) is 0 Å². The summed E-state index contributed by atoms with van der Waals surface area (Å²) < 4.78 is 5.11. The van der Waals surface area contributed by atoms with Gasteiger partial charge in [0.1, 0.15) is 5.75 Å². The molecule has 0 saturated heterocycles. The van der Waals surface area contributed by atoms with E-state index in [4.69, 9.17) is 4.74 Å². The summed E-state index contributed by atoms with van der Waals surface area (Å²) >= 11 is 0. The smallest absolute Gasteiger partial charge is 0.226 e. The van der Waals surface area contributed by atoms with Crippen molar-refractivity contribution >= 4 is 34.8 Å². The summed E-state index contributed by atoms with van der Waals surface area (Å²) in [6, 6.07) is 13.9. The first-order valence-corrected chi connectivity index (χ1v) is 8.48. The van der Waals surface area contributed by atoms with E-state index >= 15 is 0 Å². The van der Waals surface area contributed by atoms with Crippen molar-refractivity contribution in [2.45, 2.75) is 20.3 Å². The van der Waals surface area contributed by atoms with E-state index in [0.29, 0.717) is 22.8 Å².